The number of alkyl halides is 3. The van der Waals surface area contributed by atoms with Gasteiger partial charge in [0.1, 0.15) is 0 Å². The highest BCUT2D eigenvalue weighted by Crippen LogP contribution is 2.55. The maximum Gasteiger partial charge on any atom is 0.416 e. The number of carbonyl (C=O) groups is 1. The van der Waals surface area contributed by atoms with Crippen LogP contribution in [0.3, 0.4) is 0 Å². The van der Waals surface area contributed by atoms with Gasteiger partial charge in [0.15, 0.2) is 0 Å². The van der Waals surface area contributed by atoms with Gasteiger partial charge in [-0.1, -0.05) is 12.1 Å². The molecule has 3 nitrogen and oxygen atoms in total. The SMILES string of the molecule is O=C(NC12CC3CC(CC(C3)C1)C2)c1ccccc1Nc1ccc(C(F)(F)F)cc1. The molecule has 4 aliphatic rings. The van der Waals surface area contributed by atoms with Crippen LogP contribution in [0.2, 0.25) is 0 Å². The van der Waals surface area contributed by atoms with Crippen LogP contribution in [0, 0.1) is 17.8 Å². The van der Waals surface area contributed by atoms with Crippen LogP contribution in [0.1, 0.15) is 54.4 Å². The lowest BCUT2D eigenvalue weighted by atomic mass is 9.53. The highest BCUT2D eigenvalue weighted by Gasteiger charge is 2.51. The van der Waals surface area contributed by atoms with E-state index in [1.54, 1.807) is 12.1 Å². The van der Waals surface area contributed by atoms with Crippen molar-refractivity contribution in [2.45, 2.75) is 50.2 Å². The first kappa shape index (κ1) is 19.5. The number of benzene rings is 2. The Balaban J connectivity index is 1.34. The van der Waals surface area contributed by atoms with Crippen molar-refractivity contribution < 1.29 is 18.0 Å². The molecule has 4 fully saturated rings. The minimum absolute atomic E-state index is 0.0900. The lowest BCUT2D eigenvalue weighted by molar-refractivity contribution is -0.137. The lowest BCUT2D eigenvalue weighted by Crippen LogP contribution is -2.59. The van der Waals surface area contributed by atoms with Gasteiger partial charge in [0, 0.05) is 11.2 Å². The molecule has 2 aromatic rings. The van der Waals surface area contributed by atoms with E-state index >= 15 is 0 Å². The number of para-hydroxylation sites is 1. The first-order chi connectivity index (χ1) is 14.3. The van der Waals surface area contributed by atoms with E-state index < -0.39 is 11.7 Å². The summed E-state index contributed by atoms with van der Waals surface area (Å²) < 4.78 is 38.4. The van der Waals surface area contributed by atoms with Crippen LogP contribution in [-0.4, -0.2) is 11.4 Å². The molecule has 4 bridgehead atoms. The number of halogens is 3. The van der Waals surface area contributed by atoms with Crippen molar-refractivity contribution in [1.29, 1.82) is 0 Å². The molecule has 4 aliphatic carbocycles. The summed E-state index contributed by atoms with van der Waals surface area (Å²) in [4.78, 5) is 13.2. The molecule has 6 heteroatoms. The Labute approximate surface area is 174 Å². The summed E-state index contributed by atoms with van der Waals surface area (Å²) in [6.45, 7) is 0. The molecule has 0 aliphatic heterocycles. The lowest BCUT2D eigenvalue weighted by Gasteiger charge is -2.56. The smallest absolute Gasteiger partial charge is 0.355 e. The highest BCUT2D eigenvalue weighted by atomic mass is 19.4. The van der Waals surface area contributed by atoms with Gasteiger partial charge in [0.2, 0.25) is 0 Å². The van der Waals surface area contributed by atoms with Gasteiger partial charge in [-0.05, 0) is 92.7 Å². The van der Waals surface area contributed by atoms with Crippen LogP contribution < -0.4 is 10.6 Å². The number of hydrogen-bond acceptors (Lipinski definition) is 2. The maximum absolute atomic E-state index is 13.2. The van der Waals surface area contributed by atoms with E-state index in [1.165, 1.54) is 31.4 Å². The summed E-state index contributed by atoms with van der Waals surface area (Å²) in [6.07, 6.45) is 2.76. The number of rotatable bonds is 4. The average molecular weight is 414 g/mol. The van der Waals surface area contributed by atoms with Gasteiger partial charge in [-0.15, -0.1) is 0 Å². The molecule has 0 spiro atoms. The fourth-order valence-electron chi connectivity index (χ4n) is 6.26. The fraction of sp³-hybridized carbons (Fsp3) is 0.458. The minimum atomic E-state index is -4.37. The van der Waals surface area contributed by atoms with E-state index in [9.17, 15) is 18.0 Å². The molecule has 0 heterocycles. The van der Waals surface area contributed by atoms with Crippen molar-refractivity contribution in [2.75, 3.05) is 5.32 Å². The molecule has 30 heavy (non-hydrogen) atoms. The van der Waals surface area contributed by atoms with E-state index in [0.717, 1.165) is 49.1 Å². The van der Waals surface area contributed by atoms with Crippen molar-refractivity contribution in [1.82, 2.24) is 5.32 Å². The summed E-state index contributed by atoms with van der Waals surface area (Å²) >= 11 is 0. The van der Waals surface area contributed by atoms with Crippen molar-refractivity contribution in [3.05, 3.63) is 59.7 Å². The second kappa shape index (κ2) is 7.03. The third kappa shape index (κ3) is 3.68. The zero-order valence-corrected chi connectivity index (χ0v) is 16.6. The molecule has 0 aromatic heterocycles. The number of anilines is 2. The quantitative estimate of drug-likeness (QED) is 0.630. The molecule has 0 atom stereocenters. The van der Waals surface area contributed by atoms with Gasteiger partial charge in [-0.2, -0.15) is 13.2 Å². The molecule has 2 N–H and O–H groups in total. The van der Waals surface area contributed by atoms with Crippen LogP contribution in [-0.2, 0) is 6.18 Å². The molecule has 0 saturated heterocycles. The highest BCUT2D eigenvalue weighted by molar-refractivity contribution is 6.00. The van der Waals surface area contributed by atoms with Crippen LogP contribution in [0.5, 0.6) is 0 Å². The average Bonchev–Trinajstić information content (AvgIpc) is 2.66. The van der Waals surface area contributed by atoms with Crippen LogP contribution in [0.4, 0.5) is 24.5 Å². The topological polar surface area (TPSA) is 41.1 Å². The summed E-state index contributed by atoms with van der Waals surface area (Å²) in [7, 11) is 0. The van der Waals surface area contributed by atoms with Crippen LogP contribution in [0.15, 0.2) is 48.5 Å². The summed E-state index contributed by atoms with van der Waals surface area (Å²) in [5.74, 6) is 2.10. The number of carbonyl (C=O) groups excluding carboxylic acids is 1. The second-order valence-electron chi connectivity index (χ2n) is 9.40. The predicted octanol–water partition coefficient (Wildman–Crippen LogP) is 6.15. The first-order valence-electron chi connectivity index (χ1n) is 10.7. The molecular weight excluding hydrogens is 389 g/mol. The summed E-state index contributed by atoms with van der Waals surface area (Å²) in [6, 6.07) is 12.0. The molecule has 0 radical (unpaired) electrons. The van der Waals surface area contributed by atoms with E-state index in [0.29, 0.717) is 16.9 Å². The number of nitrogens with one attached hydrogen (secondary N) is 2. The van der Waals surface area contributed by atoms with E-state index in [-0.39, 0.29) is 11.4 Å². The predicted molar refractivity (Wildman–Crippen MR) is 110 cm³/mol. The van der Waals surface area contributed by atoms with Crippen molar-refractivity contribution >= 4 is 17.3 Å². The molecule has 2 aromatic carbocycles. The van der Waals surface area contributed by atoms with Gasteiger partial charge in [-0.3, -0.25) is 4.79 Å². The second-order valence-corrected chi connectivity index (χ2v) is 9.40. The maximum atomic E-state index is 13.2. The zero-order chi connectivity index (χ0) is 20.9. The van der Waals surface area contributed by atoms with Crippen molar-refractivity contribution in [3.8, 4) is 0 Å². The van der Waals surface area contributed by atoms with Gasteiger partial charge in [0.05, 0.1) is 16.8 Å². The normalized spacial score (nSPS) is 29.6. The van der Waals surface area contributed by atoms with Gasteiger partial charge in [0.25, 0.3) is 5.91 Å². The fourth-order valence-corrected chi connectivity index (χ4v) is 6.26. The van der Waals surface area contributed by atoms with Gasteiger partial charge in [-0.25, -0.2) is 0 Å². The minimum Gasteiger partial charge on any atom is -0.355 e. The molecule has 6 rings (SSSR count). The number of hydrogen-bond donors (Lipinski definition) is 2. The van der Waals surface area contributed by atoms with E-state index in [1.807, 2.05) is 12.1 Å². The first-order valence-corrected chi connectivity index (χ1v) is 10.7. The molecular formula is C24H25F3N2O. The third-order valence-electron chi connectivity index (χ3n) is 7.08. The Morgan fingerprint density at radius 3 is 2.00 bits per heavy atom. The standard InChI is InChI=1S/C24H25F3N2O/c25-24(26,27)18-5-7-19(8-6-18)28-21-4-2-1-3-20(21)22(30)29-23-12-15-9-16(13-23)11-17(10-15)14-23/h1-8,15-17,28H,9-14H2,(H,29,30). The Morgan fingerprint density at radius 1 is 0.867 bits per heavy atom. The Kier molecular flexibility index (Phi) is 4.56. The summed E-state index contributed by atoms with van der Waals surface area (Å²) in [5.41, 5.74) is 0.847. The van der Waals surface area contributed by atoms with Gasteiger partial charge >= 0.3 is 6.18 Å². The van der Waals surface area contributed by atoms with Crippen molar-refractivity contribution in [2.24, 2.45) is 17.8 Å². The number of amides is 1. The van der Waals surface area contributed by atoms with Crippen LogP contribution >= 0.6 is 0 Å². The largest absolute Gasteiger partial charge is 0.416 e. The Bertz CT molecular complexity index is 916. The van der Waals surface area contributed by atoms with E-state index in [4.69, 9.17) is 0 Å². The Hall–Kier alpha value is -2.50. The molecule has 1 amide bonds. The zero-order valence-electron chi connectivity index (χ0n) is 16.6. The van der Waals surface area contributed by atoms with E-state index in [2.05, 4.69) is 10.6 Å². The molecule has 4 saturated carbocycles. The Morgan fingerprint density at radius 2 is 1.43 bits per heavy atom. The summed E-state index contributed by atoms with van der Waals surface area (Å²) in [5, 5.41) is 6.48. The monoisotopic (exact) mass is 414 g/mol. The van der Waals surface area contributed by atoms with Gasteiger partial charge < -0.3 is 10.6 Å². The third-order valence-corrected chi connectivity index (χ3v) is 7.08. The molecule has 158 valence electrons. The van der Waals surface area contributed by atoms with Crippen molar-refractivity contribution in [3.63, 3.8) is 0 Å². The molecule has 0 unspecified atom stereocenters. The van der Waals surface area contributed by atoms with Crippen LogP contribution in [0.25, 0.3) is 0 Å².